The SMILES string of the molecule is C[N+](C)(C)CCOC(=O)CN(N=O)C(=O)C(CS)NC(=O)CCC(N)C(=O)O. The zero-order valence-electron chi connectivity index (χ0n) is 16.2. The van der Waals surface area contributed by atoms with Crippen LogP contribution in [0.5, 0.6) is 0 Å². The van der Waals surface area contributed by atoms with Gasteiger partial charge in [0.2, 0.25) is 5.91 Å². The number of thiol groups is 1. The van der Waals surface area contributed by atoms with Crippen molar-refractivity contribution >= 4 is 36.4 Å². The van der Waals surface area contributed by atoms with Crippen LogP contribution in [0.1, 0.15) is 12.8 Å². The normalized spacial score (nSPS) is 13.2. The molecule has 0 saturated carbocycles. The molecule has 160 valence electrons. The van der Waals surface area contributed by atoms with Gasteiger partial charge in [-0.3, -0.25) is 19.2 Å². The molecule has 0 saturated heterocycles. The van der Waals surface area contributed by atoms with Crippen molar-refractivity contribution in [3.8, 4) is 0 Å². The first kappa shape index (κ1) is 25.8. The van der Waals surface area contributed by atoms with E-state index in [0.717, 1.165) is 0 Å². The molecule has 0 heterocycles. The summed E-state index contributed by atoms with van der Waals surface area (Å²) in [7, 11) is 5.71. The number of amides is 2. The number of carbonyl (C=O) groups excluding carboxylic acids is 3. The fourth-order valence-electron chi connectivity index (χ4n) is 1.79. The Morgan fingerprint density at radius 2 is 1.89 bits per heavy atom. The minimum absolute atomic E-state index is 0.0970. The van der Waals surface area contributed by atoms with Crippen LogP contribution in [0.3, 0.4) is 0 Å². The summed E-state index contributed by atoms with van der Waals surface area (Å²) in [5.74, 6) is -3.84. The van der Waals surface area contributed by atoms with Gasteiger partial charge in [0.25, 0.3) is 5.91 Å². The molecule has 4 N–H and O–H groups in total. The number of carbonyl (C=O) groups is 4. The van der Waals surface area contributed by atoms with Gasteiger partial charge in [-0.2, -0.15) is 17.6 Å². The number of nitrogens with zero attached hydrogens (tertiary/aromatic N) is 3. The summed E-state index contributed by atoms with van der Waals surface area (Å²) in [6.45, 7) is -0.0781. The summed E-state index contributed by atoms with van der Waals surface area (Å²) < 4.78 is 5.52. The second-order valence-electron chi connectivity index (χ2n) is 7.00. The van der Waals surface area contributed by atoms with E-state index in [-0.39, 0.29) is 25.2 Å². The third-order valence-electron chi connectivity index (χ3n) is 3.47. The van der Waals surface area contributed by atoms with Crippen LogP contribution in [0.15, 0.2) is 5.29 Å². The number of esters is 1. The first-order chi connectivity index (χ1) is 12.9. The number of hydrogen-bond donors (Lipinski definition) is 4. The molecule has 0 aliphatic carbocycles. The fourth-order valence-corrected chi connectivity index (χ4v) is 2.04. The van der Waals surface area contributed by atoms with Crippen LogP contribution in [0.4, 0.5) is 0 Å². The molecule has 0 aliphatic rings. The first-order valence-corrected chi connectivity index (χ1v) is 9.03. The lowest BCUT2D eigenvalue weighted by Gasteiger charge is -2.24. The Kier molecular flexibility index (Phi) is 11.3. The van der Waals surface area contributed by atoms with Crippen molar-refractivity contribution in [1.29, 1.82) is 0 Å². The predicted molar refractivity (Wildman–Crippen MR) is 102 cm³/mol. The highest BCUT2D eigenvalue weighted by Crippen LogP contribution is 2.02. The Morgan fingerprint density at radius 1 is 1.29 bits per heavy atom. The van der Waals surface area contributed by atoms with Crippen molar-refractivity contribution in [1.82, 2.24) is 10.3 Å². The van der Waals surface area contributed by atoms with E-state index in [1.54, 1.807) is 0 Å². The lowest BCUT2D eigenvalue weighted by atomic mass is 10.1. The van der Waals surface area contributed by atoms with E-state index >= 15 is 0 Å². The lowest BCUT2D eigenvalue weighted by Crippen LogP contribution is -2.49. The smallest absolute Gasteiger partial charge is 0.328 e. The average Bonchev–Trinajstić information content (AvgIpc) is 2.60. The fraction of sp³-hybridized carbons (Fsp3) is 0.733. The van der Waals surface area contributed by atoms with Crippen molar-refractivity contribution in [3.63, 3.8) is 0 Å². The van der Waals surface area contributed by atoms with Crippen LogP contribution in [-0.4, -0.2) is 97.0 Å². The molecule has 0 aliphatic heterocycles. The van der Waals surface area contributed by atoms with Crippen molar-refractivity contribution in [2.45, 2.75) is 24.9 Å². The number of carboxylic acid groups (broad SMARTS) is 1. The maximum atomic E-state index is 12.3. The van der Waals surface area contributed by atoms with Crippen LogP contribution < -0.4 is 11.1 Å². The Hall–Kier alpha value is -2.25. The Morgan fingerprint density at radius 3 is 2.36 bits per heavy atom. The maximum Gasteiger partial charge on any atom is 0.328 e. The number of nitrogens with two attached hydrogens (primary N) is 1. The number of rotatable bonds is 13. The Balaban J connectivity index is 4.65. The highest BCUT2D eigenvalue weighted by atomic mass is 32.1. The van der Waals surface area contributed by atoms with Crippen molar-refractivity contribution < 1.29 is 33.5 Å². The summed E-state index contributed by atoms with van der Waals surface area (Å²) in [5.41, 5.74) is 5.30. The number of hydrogen-bond acceptors (Lipinski definition) is 9. The Labute approximate surface area is 168 Å². The molecule has 0 aromatic carbocycles. The molecular formula is C15H28N5O7S+. The summed E-state index contributed by atoms with van der Waals surface area (Å²) >= 11 is 3.94. The van der Waals surface area contributed by atoms with Crippen molar-refractivity contribution in [2.75, 3.05) is 46.6 Å². The van der Waals surface area contributed by atoms with Crippen LogP contribution >= 0.6 is 12.6 Å². The van der Waals surface area contributed by atoms with Crippen LogP contribution in [0.2, 0.25) is 0 Å². The average molecular weight is 422 g/mol. The molecule has 2 amide bonds. The predicted octanol–water partition coefficient (Wildman–Crippen LogP) is -1.65. The van der Waals surface area contributed by atoms with E-state index in [9.17, 15) is 24.1 Å². The largest absolute Gasteiger partial charge is 0.480 e. The van der Waals surface area contributed by atoms with Crippen LogP contribution in [0.25, 0.3) is 0 Å². The standard InChI is InChI=1S/C15H27N5O7S/c1-20(2,3)6-7-27-13(22)8-19(18-26)14(23)11(9-28)17-12(21)5-4-10(16)15(24)25/h10-11H,4-9,16H2,1-3H3,(H2-,17,21,24,25,28)/p+1. The Bertz CT molecular complexity index is 582. The zero-order chi connectivity index (χ0) is 21.9. The number of aliphatic carboxylic acids is 1. The number of carboxylic acids is 1. The van der Waals surface area contributed by atoms with E-state index in [0.29, 0.717) is 16.0 Å². The molecule has 2 atom stereocenters. The van der Waals surface area contributed by atoms with E-state index in [1.807, 2.05) is 21.1 Å². The van der Waals surface area contributed by atoms with Crippen LogP contribution in [-0.2, 0) is 23.9 Å². The monoisotopic (exact) mass is 422 g/mol. The van der Waals surface area contributed by atoms with Gasteiger partial charge in [-0.15, -0.1) is 4.91 Å². The minimum atomic E-state index is -1.25. The van der Waals surface area contributed by atoms with Crippen molar-refractivity contribution in [3.05, 3.63) is 4.91 Å². The van der Waals surface area contributed by atoms with E-state index < -0.39 is 42.4 Å². The van der Waals surface area contributed by atoms with Gasteiger partial charge in [0.15, 0.2) is 0 Å². The maximum absolute atomic E-state index is 12.3. The third-order valence-corrected chi connectivity index (χ3v) is 3.84. The summed E-state index contributed by atoms with van der Waals surface area (Å²) in [6, 6.07) is -2.45. The first-order valence-electron chi connectivity index (χ1n) is 8.40. The number of nitroso groups, excluding NO2 is 1. The highest BCUT2D eigenvalue weighted by molar-refractivity contribution is 7.80. The van der Waals surface area contributed by atoms with Gasteiger partial charge in [-0.05, 0) is 6.42 Å². The molecule has 28 heavy (non-hydrogen) atoms. The molecule has 0 rings (SSSR count). The third kappa shape index (κ3) is 10.8. The second-order valence-corrected chi connectivity index (χ2v) is 7.36. The van der Waals surface area contributed by atoms with E-state index in [2.05, 4.69) is 23.2 Å². The molecule has 12 nitrogen and oxygen atoms in total. The number of ether oxygens (including phenoxy) is 1. The second kappa shape index (κ2) is 12.3. The van der Waals surface area contributed by atoms with Gasteiger partial charge in [0.1, 0.15) is 31.8 Å². The minimum Gasteiger partial charge on any atom is -0.480 e. The molecule has 0 aromatic heterocycles. The lowest BCUT2D eigenvalue weighted by molar-refractivity contribution is -0.870. The molecular weight excluding hydrogens is 394 g/mol. The van der Waals surface area contributed by atoms with Gasteiger partial charge in [-0.25, -0.2) is 0 Å². The molecule has 2 unspecified atom stereocenters. The topological polar surface area (TPSA) is 168 Å². The van der Waals surface area contributed by atoms with Gasteiger partial charge in [-0.1, -0.05) is 0 Å². The molecule has 0 bridgehead atoms. The number of likely N-dealkylation sites (N-methyl/N-ethyl adjacent to an activating group) is 1. The molecule has 0 aromatic rings. The summed E-state index contributed by atoms with van der Waals surface area (Å²) in [6.07, 6.45) is -0.379. The zero-order valence-corrected chi connectivity index (χ0v) is 17.1. The molecule has 0 radical (unpaired) electrons. The van der Waals surface area contributed by atoms with Crippen molar-refractivity contribution in [2.24, 2.45) is 11.0 Å². The van der Waals surface area contributed by atoms with Crippen LogP contribution in [0, 0.1) is 4.91 Å². The quantitative estimate of drug-likeness (QED) is 0.0900. The highest BCUT2D eigenvalue weighted by Gasteiger charge is 2.28. The van der Waals surface area contributed by atoms with Gasteiger partial charge in [0, 0.05) is 12.2 Å². The molecule has 13 heteroatoms. The van der Waals surface area contributed by atoms with Gasteiger partial charge < -0.3 is 25.4 Å². The van der Waals surface area contributed by atoms with Gasteiger partial charge >= 0.3 is 11.9 Å². The molecule has 0 spiro atoms. The number of nitrogens with one attached hydrogen (secondary N) is 1. The van der Waals surface area contributed by atoms with Gasteiger partial charge in [0.05, 0.1) is 26.4 Å². The van der Waals surface area contributed by atoms with E-state index in [4.69, 9.17) is 15.6 Å². The molecule has 0 fully saturated rings. The van der Waals surface area contributed by atoms with E-state index in [1.165, 1.54) is 0 Å². The summed E-state index contributed by atoms with van der Waals surface area (Å²) in [4.78, 5) is 57.5. The summed E-state index contributed by atoms with van der Waals surface area (Å²) in [5, 5.41) is 13.8. The number of quaternary nitrogens is 1.